The molecule has 0 radical (unpaired) electrons. The zero-order valence-corrected chi connectivity index (χ0v) is 11.9. The van der Waals surface area contributed by atoms with Crippen LogP contribution in [0.4, 0.5) is 4.79 Å². The van der Waals surface area contributed by atoms with Gasteiger partial charge in [-0.15, -0.1) is 0 Å². The van der Waals surface area contributed by atoms with Crippen molar-refractivity contribution in [1.29, 1.82) is 0 Å². The van der Waals surface area contributed by atoms with Gasteiger partial charge in [0.1, 0.15) is 17.4 Å². The summed E-state index contributed by atoms with van der Waals surface area (Å²) < 4.78 is 10.7. The van der Waals surface area contributed by atoms with E-state index in [0.29, 0.717) is 11.3 Å². The zero-order valence-electron chi connectivity index (χ0n) is 11.9. The number of fused-ring (bicyclic) bond motifs is 1. The summed E-state index contributed by atoms with van der Waals surface area (Å²) in [4.78, 5) is 25.6. The molecule has 5 nitrogen and oxygen atoms in total. The lowest BCUT2D eigenvalue weighted by Crippen LogP contribution is -2.40. The van der Waals surface area contributed by atoms with Crippen LogP contribution in [0.1, 0.15) is 56.8 Å². The van der Waals surface area contributed by atoms with E-state index in [-0.39, 0.29) is 11.8 Å². The van der Waals surface area contributed by atoms with Crippen molar-refractivity contribution < 1.29 is 18.7 Å². The number of nitrogens with zero attached hydrogens (tertiary/aromatic N) is 1. The van der Waals surface area contributed by atoms with Gasteiger partial charge < -0.3 is 9.15 Å². The third-order valence-corrected chi connectivity index (χ3v) is 2.91. The number of carbonyl (C=O) groups excluding carboxylic acids is 2. The lowest BCUT2D eigenvalue weighted by Gasteiger charge is -2.28. The maximum Gasteiger partial charge on any atom is 0.418 e. The van der Waals surface area contributed by atoms with Gasteiger partial charge in [0, 0.05) is 0 Å². The largest absolute Gasteiger partial charge is 0.466 e. The van der Waals surface area contributed by atoms with Crippen molar-refractivity contribution in [2.24, 2.45) is 5.92 Å². The van der Waals surface area contributed by atoms with Gasteiger partial charge in [0.15, 0.2) is 0 Å². The van der Waals surface area contributed by atoms with Gasteiger partial charge in [0.25, 0.3) is 5.91 Å². The van der Waals surface area contributed by atoms with Crippen molar-refractivity contribution in [2.75, 3.05) is 0 Å². The van der Waals surface area contributed by atoms with Crippen LogP contribution in [0.15, 0.2) is 16.7 Å². The minimum absolute atomic E-state index is 0.0591. The van der Waals surface area contributed by atoms with Crippen molar-refractivity contribution in [3.8, 4) is 0 Å². The maximum atomic E-state index is 12.3. The van der Waals surface area contributed by atoms with E-state index < -0.39 is 17.7 Å². The monoisotopic (exact) mass is 265 g/mol. The lowest BCUT2D eigenvalue weighted by atomic mass is 10.0. The van der Waals surface area contributed by atoms with Crippen LogP contribution in [0.2, 0.25) is 0 Å². The average Bonchev–Trinajstić information content (AvgIpc) is 2.77. The average molecular weight is 265 g/mol. The highest BCUT2D eigenvalue weighted by atomic mass is 16.6. The van der Waals surface area contributed by atoms with E-state index in [1.54, 1.807) is 26.8 Å². The third kappa shape index (κ3) is 2.37. The molecule has 5 heteroatoms. The Labute approximate surface area is 112 Å². The first-order chi connectivity index (χ1) is 8.72. The first kappa shape index (κ1) is 13.6. The number of imide groups is 1. The smallest absolute Gasteiger partial charge is 0.418 e. The van der Waals surface area contributed by atoms with Crippen molar-refractivity contribution in [1.82, 2.24) is 4.90 Å². The van der Waals surface area contributed by atoms with Gasteiger partial charge >= 0.3 is 6.09 Å². The molecule has 19 heavy (non-hydrogen) atoms. The van der Waals surface area contributed by atoms with Crippen LogP contribution < -0.4 is 0 Å². The number of ether oxygens (including phenoxy) is 1. The maximum absolute atomic E-state index is 12.3. The summed E-state index contributed by atoms with van der Waals surface area (Å²) in [6.45, 7) is 9.19. The summed E-state index contributed by atoms with van der Waals surface area (Å²) in [6.07, 6.45) is 0.854. The molecule has 2 heterocycles. The van der Waals surface area contributed by atoms with E-state index in [4.69, 9.17) is 9.15 Å². The standard InChI is InChI=1S/C14H19NO4/c1-8(2)10-11-9(6-7-18-11)12(16)15(10)13(17)19-14(3,4)5/h6-8,10H,1-5H3. The number of carbonyl (C=O) groups is 2. The quantitative estimate of drug-likeness (QED) is 0.781. The van der Waals surface area contributed by atoms with Gasteiger partial charge in [0.2, 0.25) is 0 Å². The fourth-order valence-corrected chi connectivity index (χ4v) is 2.21. The van der Waals surface area contributed by atoms with Gasteiger partial charge in [-0.2, -0.15) is 0 Å². The number of amides is 2. The Morgan fingerprint density at radius 3 is 2.58 bits per heavy atom. The van der Waals surface area contributed by atoms with Crippen LogP contribution in [0, 0.1) is 5.92 Å². The molecule has 2 amide bonds. The molecule has 0 aromatic carbocycles. The molecule has 1 aliphatic rings. The molecule has 1 unspecified atom stereocenters. The van der Waals surface area contributed by atoms with Gasteiger partial charge in [-0.25, -0.2) is 9.69 Å². The molecule has 0 spiro atoms. The first-order valence-electron chi connectivity index (χ1n) is 6.36. The number of furan rings is 1. The Morgan fingerprint density at radius 1 is 1.42 bits per heavy atom. The second kappa shape index (κ2) is 4.40. The fourth-order valence-electron chi connectivity index (χ4n) is 2.21. The van der Waals surface area contributed by atoms with Crippen LogP contribution in [0.5, 0.6) is 0 Å². The zero-order chi connectivity index (χ0) is 14.4. The Balaban J connectivity index is 2.33. The van der Waals surface area contributed by atoms with Gasteiger partial charge in [-0.05, 0) is 32.8 Å². The Bertz CT molecular complexity index is 510. The predicted molar refractivity (Wildman–Crippen MR) is 68.7 cm³/mol. The van der Waals surface area contributed by atoms with Gasteiger partial charge in [-0.1, -0.05) is 13.8 Å². The van der Waals surface area contributed by atoms with E-state index in [9.17, 15) is 9.59 Å². The second-order valence-corrected chi connectivity index (χ2v) is 6.04. The third-order valence-electron chi connectivity index (χ3n) is 2.91. The van der Waals surface area contributed by atoms with E-state index in [1.807, 2.05) is 13.8 Å². The van der Waals surface area contributed by atoms with Crippen molar-refractivity contribution >= 4 is 12.0 Å². The molecule has 0 aliphatic carbocycles. The highest BCUT2D eigenvalue weighted by molar-refractivity contribution is 6.06. The highest BCUT2D eigenvalue weighted by Gasteiger charge is 2.46. The van der Waals surface area contributed by atoms with Crippen LogP contribution in [0.3, 0.4) is 0 Å². The SMILES string of the molecule is CC(C)C1c2occc2C(=O)N1C(=O)OC(C)(C)C. The van der Waals surface area contributed by atoms with Crippen molar-refractivity contribution in [2.45, 2.75) is 46.3 Å². The molecule has 0 N–H and O–H groups in total. The second-order valence-electron chi connectivity index (χ2n) is 6.04. The lowest BCUT2D eigenvalue weighted by molar-refractivity contribution is 0.0136. The summed E-state index contributed by atoms with van der Waals surface area (Å²) in [5.74, 6) is 0.256. The van der Waals surface area contributed by atoms with E-state index in [2.05, 4.69) is 0 Å². The summed E-state index contributed by atoms with van der Waals surface area (Å²) in [6, 6.07) is 1.20. The molecule has 2 rings (SSSR count). The topological polar surface area (TPSA) is 59.8 Å². The number of hydrogen-bond donors (Lipinski definition) is 0. The van der Waals surface area contributed by atoms with Crippen molar-refractivity contribution in [3.63, 3.8) is 0 Å². The summed E-state index contributed by atoms with van der Waals surface area (Å²) >= 11 is 0. The Morgan fingerprint density at radius 2 is 2.05 bits per heavy atom. The predicted octanol–water partition coefficient (Wildman–Crippen LogP) is 3.37. The summed E-state index contributed by atoms with van der Waals surface area (Å²) in [5, 5.41) is 0. The van der Waals surface area contributed by atoms with E-state index in [0.717, 1.165) is 4.90 Å². The minimum atomic E-state index is -0.636. The van der Waals surface area contributed by atoms with Crippen LogP contribution >= 0.6 is 0 Å². The molecule has 1 aromatic rings. The van der Waals surface area contributed by atoms with Crippen LogP contribution in [-0.2, 0) is 4.74 Å². The molecule has 1 aromatic heterocycles. The highest BCUT2D eigenvalue weighted by Crippen LogP contribution is 2.39. The molecule has 1 aliphatic heterocycles. The molecule has 0 fully saturated rings. The summed E-state index contributed by atoms with van der Waals surface area (Å²) in [5.41, 5.74) is -0.188. The molecular weight excluding hydrogens is 246 g/mol. The summed E-state index contributed by atoms with van der Waals surface area (Å²) in [7, 11) is 0. The molecule has 104 valence electrons. The molecule has 0 saturated carbocycles. The van der Waals surface area contributed by atoms with E-state index >= 15 is 0 Å². The molecule has 0 bridgehead atoms. The number of hydrogen-bond acceptors (Lipinski definition) is 4. The van der Waals surface area contributed by atoms with Crippen LogP contribution in [0.25, 0.3) is 0 Å². The molecule has 0 saturated heterocycles. The number of rotatable bonds is 1. The minimum Gasteiger partial charge on any atom is -0.466 e. The fraction of sp³-hybridized carbons (Fsp3) is 0.571. The normalized spacial score (nSPS) is 18.9. The van der Waals surface area contributed by atoms with Crippen LogP contribution in [-0.4, -0.2) is 22.5 Å². The van der Waals surface area contributed by atoms with E-state index in [1.165, 1.54) is 6.26 Å². The first-order valence-corrected chi connectivity index (χ1v) is 6.36. The Kier molecular flexibility index (Phi) is 3.16. The molecule has 1 atom stereocenters. The van der Waals surface area contributed by atoms with Gasteiger partial charge in [0.05, 0.1) is 11.8 Å². The molecular formula is C14H19NO4. The van der Waals surface area contributed by atoms with Gasteiger partial charge in [-0.3, -0.25) is 4.79 Å². The van der Waals surface area contributed by atoms with Crippen molar-refractivity contribution in [3.05, 3.63) is 23.7 Å². The Hall–Kier alpha value is -1.78.